The monoisotopic (exact) mass is 346 g/mol. The molecule has 25 heavy (non-hydrogen) atoms. The first-order valence-electron chi connectivity index (χ1n) is 8.58. The maximum absolute atomic E-state index is 12.1. The number of hydrogen-bond donors (Lipinski definition) is 2. The normalized spacial score (nSPS) is 19.8. The number of ether oxygens (including phenoxy) is 3. The van der Waals surface area contributed by atoms with Crippen LogP contribution in [0.15, 0.2) is 12.1 Å². The van der Waals surface area contributed by atoms with E-state index in [2.05, 4.69) is 24.1 Å². The topological polar surface area (TPSA) is 72.6 Å². The second kappa shape index (κ2) is 6.96. The molecule has 3 rings (SSSR count). The Kier molecular flexibility index (Phi) is 4.90. The Bertz CT molecular complexity index is 781. The van der Waals surface area contributed by atoms with Crippen LogP contribution in [0.4, 0.5) is 0 Å². The summed E-state index contributed by atoms with van der Waals surface area (Å²) in [6, 6.07) is 3.67. The summed E-state index contributed by atoms with van der Waals surface area (Å²) in [6.07, 6.45) is 1.52. The fraction of sp³-hybridized carbons (Fsp3) is 0.526. The number of hydrogen-bond acceptors (Lipinski definition) is 5. The zero-order valence-corrected chi connectivity index (χ0v) is 15.4. The summed E-state index contributed by atoms with van der Waals surface area (Å²) >= 11 is 0. The molecule has 136 valence electrons. The van der Waals surface area contributed by atoms with E-state index in [4.69, 9.17) is 14.2 Å². The highest BCUT2D eigenvalue weighted by Crippen LogP contribution is 2.39. The van der Waals surface area contributed by atoms with Crippen molar-refractivity contribution in [3.8, 4) is 11.5 Å². The lowest BCUT2D eigenvalue weighted by Gasteiger charge is -2.31. The largest absolute Gasteiger partial charge is 0.493 e. The Hall–Kier alpha value is -2.21. The second-order valence-electron chi connectivity index (χ2n) is 6.90. The number of nitrogens with one attached hydrogen (secondary N) is 2. The van der Waals surface area contributed by atoms with Crippen molar-refractivity contribution in [1.82, 2.24) is 10.3 Å². The van der Waals surface area contributed by atoms with Crippen LogP contribution >= 0.6 is 0 Å². The Balaban J connectivity index is 2.13. The summed E-state index contributed by atoms with van der Waals surface area (Å²) in [7, 11) is 4.69. The van der Waals surface area contributed by atoms with E-state index in [1.165, 1.54) is 7.11 Å². The van der Waals surface area contributed by atoms with Gasteiger partial charge in [0.1, 0.15) is 6.04 Å². The molecule has 2 atom stereocenters. The summed E-state index contributed by atoms with van der Waals surface area (Å²) in [5, 5.41) is 4.51. The van der Waals surface area contributed by atoms with Crippen molar-refractivity contribution in [2.24, 2.45) is 5.92 Å². The number of H-pyrrole nitrogens is 1. The number of esters is 1. The third-order valence-electron chi connectivity index (χ3n) is 4.80. The molecule has 0 fully saturated rings. The van der Waals surface area contributed by atoms with E-state index in [0.29, 0.717) is 23.8 Å². The van der Waals surface area contributed by atoms with Gasteiger partial charge in [-0.15, -0.1) is 0 Å². The molecule has 1 aliphatic rings. The zero-order valence-electron chi connectivity index (χ0n) is 15.4. The molecule has 0 spiro atoms. The van der Waals surface area contributed by atoms with Gasteiger partial charge in [-0.05, 0) is 24.0 Å². The summed E-state index contributed by atoms with van der Waals surface area (Å²) in [6.45, 7) is 4.36. The highest BCUT2D eigenvalue weighted by molar-refractivity contribution is 5.89. The molecule has 2 aromatic rings. The fourth-order valence-corrected chi connectivity index (χ4v) is 3.66. The van der Waals surface area contributed by atoms with Gasteiger partial charge in [0.2, 0.25) is 0 Å². The molecule has 6 nitrogen and oxygen atoms in total. The van der Waals surface area contributed by atoms with Crippen molar-refractivity contribution in [2.75, 3.05) is 21.3 Å². The van der Waals surface area contributed by atoms with Crippen LogP contribution in [-0.2, 0) is 16.0 Å². The molecule has 0 aliphatic carbocycles. The standard InChI is InChI=1S/C19H26N2O4/c1-10(2)6-14-18-12(7-15(20-14)19(22)25-5)11-8-16(23-3)17(24-4)9-13(11)21-18/h8-10,14-15,20-21H,6-7H2,1-5H3/t14-,15+/m0/s1. The summed E-state index contributed by atoms with van der Waals surface area (Å²) < 4.78 is 15.8. The molecule has 2 N–H and O–H groups in total. The molecule has 1 aromatic heterocycles. The van der Waals surface area contributed by atoms with E-state index >= 15 is 0 Å². The average molecular weight is 346 g/mol. The number of aromatic amines is 1. The molecule has 0 saturated heterocycles. The van der Waals surface area contributed by atoms with Crippen molar-refractivity contribution >= 4 is 16.9 Å². The smallest absolute Gasteiger partial charge is 0.323 e. The van der Waals surface area contributed by atoms with Crippen molar-refractivity contribution in [3.05, 3.63) is 23.4 Å². The maximum Gasteiger partial charge on any atom is 0.323 e. The van der Waals surface area contributed by atoms with Gasteiger partial charge in [-0.25, -0.2) is 0 Å². The summed E-state index contributed by atoms with van der Waals surface area (Å²) in [5.74, 6) is 1.64. The third-order valence-corrected chi connectivity index (χ3v) is 4.80. The van der Waals surface area contributed by atoms with Crippen molar-refractivity contribution in [3.63, 3.8) is 0 Å². The van der Waals surface area contributed by atoms with Crippen molar-refractivity contribution in [2.45, 2.75) is 38.8 Å². The minimum Gasteiger partial charge on any atom is -0.493 e. The number of benzene rings is 1. The SMILES string of the molecule is COC(=O)[C@H]1Cc2c([nH]c3cc(OC)c(OC)cc23)[C@H](CC(C)C)N1. The molecule has 1 aliphatic heterocycles. The van der Waals surface area contributed by atoms with E-state index in [9.17, 15) is 4.79 Å². The minimum absolute atomic E-state index is 0.0808. The van der Waals surface area contributed by atoms with Gasteiger partial charge < -0.3 is 19.2 Å². The van der Waals surface area contributed by atoms with Gasteiger partial charge in [0.15, 0.2) is 11.5 Å². The van der Waals surface area contributed by atoms with Crippen LogP contribution in [0.3, 0.4) is 0 Å². The third kappa shape index (κ3) is 3.18. The van der Waals surface area contributed by atoms with Gasteiger partial charge >= 0.3 is 5.97 Å². The molecule has 0 unspecified atom stereocenters. The van der Waals surface area contributed by atoms with Gasteiger partial charge in [0.05, 0.1) is 21.3 Å². The molecule has 6 heteroatoms. The van der Waals surface area contributed by atoms with E-state index < -0.39 is 0 Å². The van der Waals surface area contributed by atoms with Gasteiger partial charge in [-0.1, -0.05) is 13.8 Å². The van der Waals surface area contributed by atoms with Crippen LogP contribution < -0.4 is 14.8 Å². The molecular weight excluding hydrogens is 320 g/mol. The van der Waals surface area contributed by atoms with Crippen LogP contribution in [0, 0.1) is 5.92 Å². The molecule has 0 radical (unpaired) electrons. The molecule has 0 saturated carbocycles. The summed E-state index contributed by atoms with van der Waals surface area (Å²) in [5.41, 5.74) is 3.28. The number of fused-ring (bicyclic) bond motifs is 3. The van der Waals surface area contributed by atoms with E-state index in [1.807, 2.05) is 12.1 Å². The van der Waals surface area contributed by atoms with E-state index in [1.54, 1.807) is 14.2 Å². The van der Waals surface area contributed by atoms with Gasteiger partial charge in [-0.3, -0.25) is 10.1 Å². The fourth-order valence-electron chi connectivity index (χ4n) is 3.66. The number of carbonyl (C=O) groups is 1. The van der Waals surface area contributed by atoms with Crippen LogP contribution in [0.5, 0.6) is 11.5 Å². The lowest BCUT2D eigenvalue weighted by Crippen LogP contribution is -2.45. The van der Waals surface area contributed by atoms with Crippen molar-refractivity contribution in [1.29, 1.82) is 0 Å². The Morgan fingerprint density at radius 3 is 2.48 bits per heavy atom. The highest BCUT2D eigenvalue weighted by Gasteiger charge is 2.34. The first kappa shape index (κ1) is 17.6. The average Bonchev–Trinajstić information content (AvgIpc) is 2.97. The summed E-state index contributed by atoms with van der Waals surface area (Å²) in [4.78, 5) is 15.7. The minimum atomic E-state index is -0.339. The molecule has 1 aromatic carbocycles. The van der Waals surface area contributed by atoms with Gasteiger partial charge in [0, 0.05) is 35.1 Å². The van der Waals surface area contributed by atoms with E-state index in [-0.39, 0.29) is 18.1 Å². The zero-order chi connectivity index (χ0) is 18.1. The van der Waals surface area contributed by atoms with Crippen LogP contribution in [0.2, 0.25) is 0 Å². The Labute approximate surface area is 147 Å². The van der Waals surface area contributed by atoms with E-state index in [0.717, 1.165) is 28.6 Å². The first-order chi connectivity index (χ1) is 12.0. The Morgan fingerprint density at radius 1 is 1.20 bits per heavy atom. The quantitative estimate of drug-likeness (QED) is 0.815. The molecule has 0 bridgehead atoms. The lowest BCUT2D eigenvalue weighted by atomic mass is 9.90. The molecule has 0 amide bonds. The molecule has 2 heterocycles. The number of aromatic nitrogens is 1. The Morgan fingerprint density at radius 2 is 1.88 bits per heavy atom. The van der Waals surface area contributed by atoms with Gasteiger partial charge in [-0.2, -0.15) is 0 Å². The lowest BCUT2D eigenvalue weighted by molar-refractivity contribution is -0.143. The predicted octanol–water partition coefficient (Wildman–Crippen LogP) is 2.96. The van der Waals surface area contributed by atoms with Crippen LogP contribution in [0.25, 0.3) is 10.9 Å². The second-order valence-corrected chi connectivity index (χ2v) is 6.90. The number of carbonyl (C=O) groups excluding carboxylic acids is 1. The first-order valence-corrected chi connectivity index (χ1v) is 8.58. The number of rotatable bonds is 5. The van der Waals surface area contributed by atoms with Gasteiger partial charge in [0.25, 0.3) is 0 Å². The predicted molar refractivity (Wildman–Crippen MR) is 96.2 cm³/mol. The van der Waals surface area contributed by atoms with Crippen LogP contribution in [-0.4, -0.2) is 38.3 Å². The van der Waals surface area contributed by atoms with Crippen LogP contribution in [0.1, 0.15) is 37.6 Å². The maximum atomic E-state index is 12.1. The van der Waals surface area contributed by atoms with Crippen molar-refractivity contribution < 1.29 is 19.0 Å². The highest BCUT2D eigenvalue weighted by atomic mass is 16.5. The molecular formula is C19H26N2O4. The number of methoxy groups -OCH3 is 3.